The maximum atomic E-state index is 5.45. The molecule has 18 heavy (non-hydrogen) atoms. The number of nitrogens with zero attached hydrogens (tertiary/aromatic N) is 3. The Hall–Kier alpha value is -2.15. The third kappa shape index (κ3) is 2.75. The Labute approximate surface area is 105 Å². The summed E-state index contributed by atoms with van der Waals surface area (Å²) < 4.78 is 5.45. The SMILES string of the molecule is Cc1cc(NC(C)c2ncc(C)o2)nc(NN)n1. The molecule has 0 fully saturated rings. The van der Waals surface area contributed by atoms with Crippen LogP contribution in [0.25, 0.3) is 0 Å². The first kappa shape index (κ1) is 12.3. The van der Waals surface area contributed by atoms with E-state index in [9.17, 15) is 0 Å². The molecule has 96 valence electrons. The maximum absolute atomic E-state index is 5.45. The van der Waals surface area contributed by atoms with E-state index in [0.29, 0.717) is 17.7 Å². The van der Waals surface area contributed by atoms with Crippen LogP contribution in [0.4, 0.5) is 11.8 Å². The molecule has 0 aliphatic carbocycles. The van der Waals surface area contributed by atoms with Gasteiger partial charge in [0.05, 0.1) is 6.20 Å². The molecular formula is C11H16N6O. The summed E-state index contributed by atoms with van der Waals surface area (Å²) in [6.07, 6.45) is 1.69. The first-order valence-corrected chi connectivity index (χ1v) is 5.59. The minimum absolute atomic E-state index is 0.0846. The maximum Gasteiger partial charge on any atom is 0.239 e. The fourth-order valence-corrected chi connectivity index (χ4v) is 1.56. The number of aryl methyl sites for hydroxylation is 2. The number of rotatable bonds is 4. The highest BCUT2D eigenvalue weighted by Crippen LogP contribution is 2.18. The lowest BCUT2D eigenvalue weighted by molar-refractivity contribution is 0.453. The van der Waals surface area contributed by atoms with E-state index in [-0.39, 0.29) is 6.04 Å². The third-order valence-corrected chi connectivity index (χ3v) is 2.36. The second kappa shape index (κ2) is 5.01. The average molecular weight is 248 g/mol. The predicted octanol–water partition coefficient (Wildman–Crippen LogP) is 1.54. The van der Waals surface area contributed by atoms with Crippen LogP contribution in [0.5, 0.6) is 0 Å². The number of hydrogen-bond acceptors (Lipinski definition) is 7. The molecule has 2 aromatic rings. The number of aromatic nitrogens is 3. The molecular weight excluding hydrogens is 232 g/mol. The Morgan fingerprint density at radius 1 is 1.33 bits per heavy atom. The summed E-state index contributed by atoms with van der Waals surface area (Å²) in [5.41, 5.74) is 3.24. The smallest absolute Gasteiger partial charge is 0.239 e. The lowest BCUT2D eigenvalue weighted by atomic mass is 10.3. The second-order valence-corrected chi connectivity index (χ2v) is 4.04. The van der Waals surface area contributed by atoms with E-state index < -0.39 is 0 Å². The van der Waals surface area contributed by atoms with E-state index in [1.807, 2.05) is 26.8 Å². The Bertz CT molecular complexity index is 538. The zero-order chi connectivity index (χ0) is 13.1. The van der Waals surface area contributed by atoms with Crippen molar-refractivity contribution in [3.05, 3.63) is 29.6 Å². The standard InChI is InChI=1S/C11H16N6O/c1-6-4-9(16-11(14-6)17-12)15-8(3)10-13-5-7(2)18-10/h4-5,8H,12H2,1-3H3,(H2,14,15,16,17). The van der Waals surface area contributed by atoms with E-state index in [1.165, 1.54) is 0 Å². The molecule has 7 nitrogen and oxygen atoms in total. The van der Waals surface area contributed by atoms with Gasteiger partial charge in [-0.1, -0.05) is 0 Å². The van der Waals surface area contributed by atoms with Gasteiger partial charge in [0.15, 0.2) is 0 Å². The molecule has 2 heterocycles. The molecule has 0 saturated carbocycles. The predicted molar refractivity (Wildman–Crippen MR) is 67.9 cm³/mol. The number of oxazole rings is 1. The summed E-state index contributed by atoms with van der Waals surface area (Å²) in [4.78, 5) is 12.5. The van der Waals surface area contributed by atoms with Crippen molar-refractivity contribution in [2.24, 2.45) is 5.84 Å². The van der Waals surface area contributed by atoms with Crippen LogP contribution in [0.1, 0.15) is 30.3 Å². The van der Waals surface area contributed by atoms with Crippen LogP contribution in [0.15, 0.2) is 16.7 Å². The van der Waals surface area contributed by atoms with Crippen LogP contribution >= 0.6 is 0 Å². The van der Waals surface area contributed by atoms with E-state index in [2.05, 4.69) is 25.7 Å². The largest absolute Gasteiger partial charge is 0.444 e. The van der Waals surface area contributed by atoms with Crippen molar-refractivity contribution in [1.82, 2.24) is 15.0 Å². The molecule has 2 aromatic heterocycles. The number of hydrazine groups is 1. The Morgan fingerprint density at radius 3 is 2.72 bits per heavy atom. The first-order valence-electron chi connectivity index (χ1n) is 5.59. The normalized spacial score (nSPS) is 12.2. The topological polar surface area (TPSA) is 102 Å². The van der Waals surface area contributed by atoms with Gasteiger partial charge in [0, 0.05) is 11.8 Å². The summed E-state index contributed by atoms with van der Waals surface area (Å²) in [6, 6.07) is 1.74. The van der Waals surface area contributed by atoms with Crippen LogP contribution in [0.3, 0.4) is 0 Å². The third-order valence-electron chi connectivity index (χ3n) is 2.36. The Kier molecular flexibility index (Phi) is 3.42. The van der Waals surface area contributed by atoms with Crippen molar-refractivity contribution >= 4 is 11.8 Å². The summed E-state index contributed by atoms with van der Waals surface area (Å²) in [6.45, 7) is 5.67. The van der Waals surface area contributed by atoms with E-state index in [4.69, 9.17) is 10.3 Å². The van der Waals surface area contributed by atoms with Gasteiger partial charge >= 0.3 is 0 Å². The number of nitrogens with one attached hydrogen (secondary N) is 2. The molecule has 0 aromatic carbocycles. The summed E-state index contributed by atoms with van der Waals surface area (Å²) in [5, 5.41) is 3.18. The lowest BCUT2D eigenvalue weighted by Crippen LogP contribution is -2.14. The summed E-state index contributed by atoms with van der Waals surface area (Å²) >= 11 is 0. The van der Waals surface area contributed by atoms with Gasteiger partial charge in [-0.3, -0.25) is 5.43 Å². The molecule has 0 aliphatic rings. The van der Waals surface area contributed by atoms with Gasteiger partial charge < -0.3 is 9.73 Å². The average Bonchev–Trinajstić information content (AvgIpc) is 2.75. The van der Waals surface area contributed by atoms with Gasteiger partial charge in [-0.05, 0) is 20.8 Å². The second-order valence-electron chi connectivity index (χ2n) is 4.04. The quantitative estimate of drug-likeness (QED) is 0.557. The van der Waals surface area contributed by atoms with Gasteiger partial charge in [0.1, 0.15) is 17.6 Å². The number of anilines is 2. The van der Waals surface area contributed by atoms with Gasteiger partial charge in [-0.2, -0.15) is 4.98 Å². The minimum Gasteiger partial charge on any atom is -0.444 e. The first-order chi connectivity index (χ1) is 8.58. The van der Waals surface area contributed by atoms with Crippen LogP contribution < -0.4 is 16.6 Å². The molecule has 4 N–H and O–H groups in total. The van der Waals surface area contributed by atoms with Crippen LogP contribution in [-0.2, 0) is 0 Å². The molecule has 0 spiro atoms. The minimum atomic E-state index is -0.0846. The molecule has 2 rings (SSSR count). The molecule has 0 radical (unpaired) electrons. The zero-order valence-electron chi connectivity index (χ0n) is 10.6. The summed E-state index contributed by atoms with van der Waals surface area (Å²) in [5.74, 6) is 7.73. The van der Waals surface area contributed by atoms with Crippen LogP contribution in [0, 0.1) is 13.8 Å². The molecule has 0 saturated heterocycles. The number of nitrogens with two attached hydrogens (primary N) is 1. The highest BCUT2D eigenvalue weighted by molar-refractivity contribution is 5.42. The molecule has 0 amide bonds. The number of nitrogen functional groups attached to an aromatic ring is 1. The molecule has 1 atom stereocenters. The van der Waals surface area contributed by atoms with Gasteiger partial charge in [0.25, 0.3) is 0 Å². The van der Waals surface area contributed by atoms with Crippen molar-refractivity contribution in [2.45, 2.75) is 26.8 Å². The van der Waals surface area contributed by atoms with Gasteiger partial charge in [-0.25, -0.2) is 15.8 Å². The van der Waals surface area contributed by atoms with Crippen molar-refractivity contribution in [1.29, 1.82) is 0 Å². The van der Waals surface area contributed by atoms with Gasteiger partial charge in [0.2, 0.25) is 11.8 Å². The lowest BCUT2D eigenvalue weighted by Gasteiger charge is -2.12. The highest BCUT2D eigenvalue weighted by Gasteiger charge is 2.12. The monoisotopic (exact) mass is 248 g/mol. The van der Waals surface area contributed by atoms with Gasteiger partial charge in [-0.15, -0.1) is 0 Å². The van der Waals surface area contributed by atoms with E-state index in [1.54, 1.807) is 6.20 Å². The molecule has 0 aliphatic heterocycles. The van der Waals surface area contributed by atoms with Crippen LogP contribution in [-0.4, -0.2) is 15.0 Å². The fraction of sp³-hybridized carbons (Fsp3) is 0.364. The van der Waals surface area contributed by atoms with Crippen molar-refractivity contribution in [3.63, 3.8) is 0 Å². The summed E-state index contributed by atoms with van der Waals surface area (Å²) in [7, 11) is 0. The van der Waals surface area contributed by atoms with Crippen LogP contribution in [0.2, 0.25) is 0 Å². The highest BCUT2D eigenvalue weighted by atomic mass is 16.4. The molecule has 7 heteroatoms. The van der Waals surface area contributed by atoms with E-state index in [0.717, 1.165) is 11.5 Å². The fourth-order valence-electron chi connectivity index (χ4n) is 1.56. The Balaban J connectivity index is 2.16. The van der Waals surface area contributed by atoms with Crippen molar-refractivity contribution < 1.29 is 4.42 Å². The number of hydrogen-bond donors (Lipinski definition) is 3. The van der Waals surface area contributed by atoms with E-state index >= 15 is 0 Å². The van der Waals surface area contributed by atoms with Crippen molar-refractivity contribution in [3.8, 4) is 0 Å². The Morgan fingerprint density at radius 2 is 2.11 bits per heavy atom. The zero-order valence-corrected chi connectivity index (χ0v) is 10.6. The van der Waals surface area contributed by atoms with Crippen molar-refractivity contribution in [2.75, 3.05) is 10.7 Å². The molecule has 0 bridgehead atoms. The molecule has 1 unspecified atom stereocenters.